The second-order valence-electron chi connectivity index (χ2n) is 5.65. The average molecular weight is 340 g/mol. The second-order valence-corrected chi connectivity index (χ2v) is 10.8. The minimum absolute atomic E-state index is 0.273. The molecule has 0 heterocycles. The van der Waals surface area contributed by atoms with Gasteiger partial charge in [-0.2, -0.15) is 0 Å². The number of aliphatic carboxylic acids is 2. The normalized spacial score (nSPS) is 15.2. The van der Waals surface area contributed by atoms with Gasteiger partial charge in [0, 0.05) is 0 Å². The molecule has 0 amide bonds. The third kappa shape index (κ3) is 5.36. The minimum atomic E-state index is -4.15. The molecule has 2 atom stereocenters. The van der Waals surface area contributed by atoms with Crippen molar-refractivity contribution in [2.24, 2.45) is 0 Å². The van der Waals surface area contributed by atoms with Gasteiger partial charge in [-0.3, -0.25) is 0 Å². The van der Waals surface area contributed by atoms with Crippen LogP contribution in [0.15, 0.2) is 0 Å². The molecule has 0 spiro atoms. The van der Waals surface area contributed by atoms with Gasteiger partial charge in [-0.25, -0.2) is 0 Å². The summed E-state index contributed by atoms with van der Waals surface area (Å²) in [6, 6.07) is 0. The molecule has 0 aromatic heterocycles. The zero-order valence-corrected chi connectivity index (χ0v) is 15.3. The van der Waals surface area contributed by atoms with Crippen LogP contribution in [0.2, 0.25) is 8.45 Å². The van der Waals surface area contributed by atoms with E-state index in [-0.39, 0.29) is 12.2 Å². The fourth-order valence-corrected chi connectivity index (χ4v) is 9.62. The van der Waals surface area contributed by atoms with Crippen LogP contribution in [0, 0.1) is 0 Å². The van der Waals surface area contributed by atoms with Gasteiger partial charge >= 0.3 is 131 Å². The van der Waals surface area contributed by atoms with E-state index in [0.29, 0.717) is 12.8 Å². The molecule has 0 aliphatic rings. The number of rotatable bonds is 10. The average Bonchev–Trinajstić information content (AvgIpc) is 2.26. The number of carboxylic acid groups (broad SMARTS) is 2. The maximum atomic E-state index is 11.7. The summed E-state index contributed by atoms with van der Waals surface area (Å²) in [7, 11) is 0. The van der Waals surface area contributed by atoms with Crippen molar-refractivity contribution in [3.05, 3.63) is 0 Å². The number of hydrogen-bond acceptors (Lipinski definition) is 4. The predicted octanol–water partition coefficient (Wildman–Crippen LogP) is 3.39. The van der Waals surface area contributed by atoms with Crippen LogP contribution in [0.3, 0.4) is 0 Å². The Hall–Kier alpha value is -0.426. The molecule has 0 fully saturated rings. The third-order valence-corrected chi connectivity index (χ3v) is 10.9. The van der Waals surface area contributed by atoms with Crippen LogP contribution in [-0.2, 0) is 33.6 Å². The molecule has 124 valence electrons. The van der Waals surface area contributed by atoms with E-state index in [9.17, 15) is 19.8 Å². The Balaban J connectivity index is 6.04. The quantitative estimate of drug-likeness (QED) is 0.592. The van der Waals surface area contributed by atoms with E-state index in [1.807, 2.05) is 0 Å². The predicted molar refractivity (Wildman–Crippen MR) is 75.8 cm³/mol. The van der Waals surface area contributed by atoms with Crippen LogP contribution in [0.25, 0.3) is 0 Å². The molecule has 0 aliphatic heterocycles. The van der Waals surface area contributed by atoms with Crippen LogP contribution < -0.4 is 0 Å². The van der Waals surface area contributed by atoms with Gasteiger partial charge in [-0.15, -0.1) is 0 Å². The summed E-state index contributed by atoms with van der Waals surface area (Å²) in [5.74, 6) is -2.06. The molecular formula is C14H28O6Ti. The number of hydrogen-bond donors (Lipinski definition) is 2. The number of carboxylic acids is 2. The molecule has 6 nitrogen and oxygen atoms in total. The van der Waals surface area contributed by atoms with Gasteiger partial charge in [-0.1, -0.05) is 0 Å². The first-order chi connectivity index (χ1) is 9.62. The molecule has 0 saturated carbocycles. The van der Waals surface area contributed by atoms with Crippen molar-refractivity contribution >= 4 is 11.9 Å². The Morgan fingerprint density at radius 2 is 1.14 bits per heavy atom. The van der Waals surface area contributed by atoms with E-state index in [2.05, 4.69) is 0 Å². The van der Waals surface area contributed by atoms with E-state index in [4.69, 9.17) is 6.64 Å². The SMILES string of the molecule is CC[CH](C(=O)O)[Ti]([O]C(C)C)([O]C(C)C)[CH](CC)C(=O)O. The molecule has 0 aromatic carbocycles. The van der Waals surface area contributed by atoms with Gasteiger partial charge in [0.2, 0.25) is 0 Å². The Morgan fingerprint density at radius 1 is 0.857 bits per heavy atom. The molecule has 2 N–H and O–H groups in total. The van der Waals surface area contributed by atoms with E-state index in [1.54, 1.807) is 41.5 Å². The summed E-state index contributed by atoms with van der Waals surface area (Å²) in [5, 5.41) is 19.1. The third-order valence-electron chi connectivity index (χ3n) is 3.22. The first kappa shape index (κ1) is 20.6. The fourth-order valence-electron chi connectivity index (χ4n) is 2.60. The summed E-state index contributed by atoms with van der Waals surface area (Å²) in [5.41, 5.74) is 0. The van der Waals surface area contributed by atoms with Gasteiger partial charge < -0.3 is 0 Å². The Labute approximate surface area is 131 Å². The first-order valence-corrected chi connectivity index (χ1v) is 10.5. The molecule has 2 unspecified atom stereocenters. The number of carbonyl (C=O) groups is 2. The second kappa shape index (κ2) is 8.88. The first-order valence-electron chi connectivity index (χ1n) is 7.43. The van der Waals surface area contributed by atoms with Crippen molar-refractivity contribution in [3.8, 4) is 0 Å². The molecule has 0 bridgehead atoms. The molecule has 7 heteroatoms. The van der Waals surface area contributed by atoms with Crippen LogP contribution >= 0.6 is 0 Å². The van der Waals surface area contributed by atoms with Crippen molar-refractivity contribution in [2.75, 3.05) is 0 Å². The van der Waals surface area contributed by atoms with Gasteiger partial charge in [-0.05, 0) is 0 Å². The maximum absolute atomic E-state index is 11.7. The topological polar surface area (TPSA) is 93.1 Å². The summed E-state index contributed by atoms with van der Waals surface area (Å²) in [6.45, 7) is 10.6. The van der Waals surface area contributed by atoms with Crippen molar-refractivity contribution in [1.29, 1.82) is 0 Å². The molecule has 21 heavy (non-hydrogen) atoms. The summed E-state index contributed by atoms with van der Waals surface area (Å²) < 4.78 is 10.2. The standard InChI is InChI=1S/2C4H7O2.2C3H7O.Ti/c2*1-2-3-4(5)6;2*1-3(2)4;/h2*3H,2H2,1H3,(H,5,6);2*3H,1-2H3;/q;;2*-1;+2. The molecular weight excluding hydrogens is 312 g/mol. The van der Waals surface area contributed by atoms with E-state index in [1.165, 1.54) is 0 Å². The van der Waals surface area contributed by atoms with Gasteiger partial charge in [0.25, 0.3) is 0 Å². The van der Waals surface area contributed by atoms with Gasteiger partial charge in [0.15, 0.2) is 0 Å². The van der Waals surface area contributed by atoms with Crippen molar-refractivity contribution in [3.63, 3.8) is 0 Å². The van der Waals surface area contributed by atoms with Crippen LogP contribution in [0.1, 0.15) is 54.4 Å². The molecule has 0 aromatic rings. The molecule has 0 rings (SSSR count). The molecule has 0 aliphatic carbocycles. The van der Waals surface area contributed by atoms with Crippen molar-refractivity contribution in [2.45, 2.75) is 75.0 Å². The van der Waals surface area contributed by atoms with Gasteiger partial charge in [0.05, 0.1) is 0 Å². The Morgan fingerprint density at radius 3 is 1.29 bits per heavy atom. The summed E-state index contributed by atoms with van der Waals surface area (Å²) >= 11 is -4.15. The van der Waals surface area contributed by atoms with Crippen molar-refractivity contribution < 1.29 is 43.8 Å². The fraction of sp³-hybridized carbons (Fsp3) is 0.857. The van der Waals surface area contributed by atoms with E-state index < -0.39 is 37.7 Å². The van der Waals surface area contributed by atoms with Crippen molar-refractivity contribution in [1.82, 2.24) is 0 Å². The summed E-state index contributed by atoms with van der Waals surface area (Å²) in [6.07, 6.45) is 0.0630. The zero-order valence-electron chi connectivity index (χ0n) is 13.8. The van der Waals surface area contributed by atoms with Gasteiger partial charge in [0.1, 0.15) is 0 Å². The van der Waals surface area contributed by atoms with Crippen LogP contribution in [0.4, 0.5) is 0 Å². The van der Waals surface area contributed by atoms with Crippen LogP contribution in [0.5, 0.6) is 0 Å². The van der Waals surface area contributed by atoms with E-state index >= 15 is 0 Å². The Bertz CT molecular complexity index is 321. The molecule has 0 saturated heterocycles. The monoisotopic (exact) mass is 340 g/mol. The zero-order chi connectivity index (χ0) is 16.8. The van der Waals surface area contributed by atoms with E-state index in [0.717, 1.165) is 0 Å². The molecule has 0 radical (unpaired) electrons. The van der Waals surface area contributed by atoms with Crippen LogP contribution in [-0.4, -0.2) is 34.4 Å². The Kier molecular flexibility index (Phi) is 8.70. The summed E-state index contributed by atoms with van der Waals surface area (Å²) in [4.78, 5) is 23.4.